The Balaban J connectivity index is 1.80. The summed E-state index contributed by atoms with van der Waals surface area (Å²) in [7, 11) is 0. The second-order valence-electron chi connectivity index (χ2n) is 10.3. The molecule has 2 aliphatic rings. The van der Waals surface area contributed by atoms with Crippen LogP contribution < -0.4 is 4.74 Å². The summed E-state index contributed by atoms with van der Waals surface area (Å²) in [6, 6.07) is 3.63. The molecule has 5 atom stereocenters. The predicted molar refractivity (Wildman–Crippen MR) is 131 cm³/mol. The van der Waals surface area contributed by atoms with Crippen molar-refractivity contribution in [2.24, 2.45) is 11.8 Å². The van der Waals surface area contributed by atoms with Crippen LogP contribution in [0.15, 0.2) is 18.2 Å². The highest BCUT2D eigenvalue weighted by Crippen LogP contribution is 2.45. The number of carboxylic acid groups (broad SMARTS) is 1. The van der Waals surface area contributed by atoms with Crippen LogP contribution in [0.2, 0.25) is 5.02 Å². The van der Waals surface area contributed by atoms with Gasteiger partial charge < -0.3 is 19.3 Å². The number of aliphatic carboxylic acids is 1. The maximum Gasteiger partial charge on any atom is 0.411 e. The van der Waals surface area contributed by atoms with Gasteiger partial charge in [-0.05, 0) is 89.8 Å². The smallest absolute Gasteiger partial charge is 0.411 e. The number of nitrogens with zero attached hydrogens (tertiary/aromatic N) is 1. The first-order chi connectivity index (χ1) is 16.4. The van der Waals surface area contributed by atoms with Gasteiger partial charge in [0.25, 0.3) is 0 Å². The first-order valence-electron chi connectivity index (χ1n) is 12.3. The van der Waals surface area contributed by atoms with E-state index in [2.05, 4.69) is 0 Å². The van der Waals surface area contributed by atoms with Crippen molar-refractivity contribution in [3.05, 3.63) is 28.8 Å². The van der Waals surface area contributed by atoms with Gasteiger partial charge in [-0.25, -0.2) is 14.4 Å². The molecule has 8 nitrogen and oxygen atoms in total. The third-order valence-corrected chi connectivity index (χ3v) is 6.98. The lowest BCUT2D eigenvalue weighted by molar-refractivity contribution is -0.150. The third kappa shape index (κ3) is 6.40. The third-order valence-electron chi connectivity index (χ3n) is 6.75. The van der Waals surface area contributed by atoms with E-state index in [1.807, 2.05) is 6.92 Å². The molecule has 0 radical (unpaired) electrons. The molecule has 1 saturated carbocycles. The van der Waals surface area contributed by atoms with Gasteiger partial charge in [0.1, 0.15) is 23.0 Å². The minimum absolute atomic E-state index is 0.0590. The number of ether oxygens (including phenoxy) is 3. The number of carbonyl (C=O) groups excluding carboxylic acids is 2. The lowest BCUT2D eigenvalue weighted by Crippen LogP contribution is -2.61. The van der Waals surface area contributed by atoms with E-state index in [4.69, 9.17) is 25.8 Å². The van der Waals surface area contributed by atoms with Gasteiger partial charge in [-0.2, -0.15) is 0 Å². The number of carbonyl (C=O) groups is 3. The second-order valence-corrected chi connectivity index (χ2v) is 10.7. The summed E-state index contributed by atoms with van der Waals surface area (Å²) in [5.74, 6) is -0.936. The van der Waals surface area contributed by atoms with Gasteiger partial charge in [-0.3, -0.25) is 4.90 Å². The van der Waals surface area contributed by atoms with Crippen molar-refractivity contribution in [2.45, 2.75) is 90.5 Å². The maximum absolute atomic E-state index is 13.0. The van der Waals surface area contributed by atoms with Gasteiger partial charge in [-0.1, -0.05) is 18.5 Å². The lowest BCUT2D eigenvalue weighted by atomic mass is 9.67. The summed E-state index contributed by atoms with van der Waals surface area (Å²) in [6.45, 7) is 9.29. The van der Waals surface area contributed by atoms with Crippen molar-refractivity contribution in [1.29, 1.82) is 0 Å². The Kier molecular flexibility index (Phi) is 8.57. The van der Waals surface area contributed by atoms with E-state index < -0.39 is 29.7 Å². The first kappa shape index (κ1) is 27.1. The second kappa shape index (κ2) is 11.1. The van der Waals surface area contributed by atoms with Crippen LogP contribution in [0.3, 0.4) is 0 Å². The zero-order chi connectivity index (χ0) is 25.9. The molecule has 1 aromatic carbocycles. The van der Waals surface area contributed by atoms with Crippen molar-refractivity contribution in [2.75, 3.05) is 6.61 Å². The van der Waals surface area contributed by atoms with E-state index in [-0.39, 0.29) is 30.6 Å². The number of fused-ring (bicyclic) bond motifs is 1. The summed E-state index contributed by atoms with van der Waals surface area (Å²) >= 11 is 6.16. The summed E-state index contributed by atoms with van der Waals surface area (Å²) in [5, 5.41) is 10.4. The number of likely N-dealkylation sites (tertiary alicyclic amines) is 1. The highest BCUT2D eigenvalue weighted by atomic mass is 35.5. The molecule has 3 rings (SSSR count). The molecular formula is C26H36ClNO7. The van der Waals surface area contributed by atoms with Gasteiger partial charge in [0.05, 0.1) is 12.7 Å². The molecule has 1 amide bonds. The molecule has 35 heavy (non-hydrogen) atoms. The molecule has 1 N–H and O–H groups in total. The normalized spacial score (nSPS) is 26.5. The number of esters is 1. The number of halogens is 1. The van der Waals surface area contributed by atoms with Gasteiger partial charge in [0.2, 0.25) is 0 Å². The Labute approximate surface area is 211 Å². The van der Waals surface area contributed by atoms with Gasteiger partial charge >= 0.3 is 18.0 Å². The number of hydrogen-bond acceptors (Lipinski definition) is 6. The Morgan fingerprint density at radius 2 is 1.86 bits per heavy atom. The topological polar surface area (TPSA) is 102 Å². The van der Waals surface area contributed by atoms with Crippen LogP contribution in [-0.2, 0) is 14.3 Å². The van der Waals surface area contributed by atoms with Crippen LogP contribution in [0, 0.1) is 11.8 Å². The Morgan fingerprint density at radius 1 is 1.14 bits per heavy atom. The molecule has 1 saturated heterocycles. The van der Waals surface area contributed by atoms with Crippen LogP contribution in [0.4, 0.5) is 4.79 Å². The highest BCUT2D eigenvalue weighted by molar-refractivity contribution is 6.30. The summed E-state index contributed by atoms with van der Waals surface area (Å²) in [5.41, 5.74) is -0.401. The predicted octanol–water partition coefficient (Wildman–Crippen LogP) is 5.55. The van der Waals surface area contributed by atoms with E-state index in [0.29, 0.717) is 42.0 Å². The summed E-state index contributed by atoms with van der Waals surface area (Å²) in [6.07, 6.45) is 2.30. The fourth-order valence-electron chi connectivity index (χ4n) is 5.41. The van der Waals surface area contributed by atoms with E-state index >= 15 is 0 Å². The summed E-state index contributed by atoms with van der Waals surface area (Å²) in [4.78, 5) is 39.1. The van der Waals surface area contributed by atoms with E-state index in [9.17, 15) is 19.5 Å². The molecule has 2 fully saturated rings. The molecule has 1 aliphatic carbocycles. The number of amides is 1. The van der Waals surface area contributed by atoms with Crippen molar-refractivity contribution >= 4 is 29.6 Å². The number of rotatable bonds is 6. The maximum atomic E-state index is 13.0. The monoisotopic (exact) mass is 509 g/mol. The first-order valence-corrected chi connectivity index (χ1v) is 12.7. The van der Waals surface area contributed by atoms with E-state index in [0.717, 1.165) is 6.42 Å². The highest BCUT2D eigenvalue weighted by Gasteiger charge is 2.50. The minimum Gasteiger partial charge on any atom is -0.489 e. The van der Waals surface area contributed by atoms with Crippen molar-refractivity contribution in [1.82, 2.24) is 4.90 Å². The molecule has 1 aliphatic heterocycles. The van der Waals surface area contributed by atoms with Crippen LogP contribution in [0.5, 0.6) is 5.75 Å². The zero-order valence-corrected chi connectivity index (χ0v) is 21.8. The van der Waals surface area contributed by atoms with Crippen molar-refractivity contribution in [3.8, 4) is 5.75 Å². The van der Waals surface area contributed by atoms with Crippen LogP contribution in [0.25, 0.3) is 0 Å². The number of carboxylic acids is 1. The number of benzene rings is 1. The van der Waals surface area contributed by atoms with Gasteiger partial charge in [0, 0.05) is 11.1 Å². The quantitative estimate of drug-likeness (QED) is 0.501. The lowest BCUT2D eigenvalue weighted by Gasteiger charge is -2.51. The molecule has 9 heteroatoms. The SMILES string of the molecule is CCOC(=O)c1ccc(Cl)cc1O[C@H]1CC[C@H]2C(CC)N(C(=O)OC(C)(C)C)[C@H](C(=O)O)C[C@H]2C1. The van der Waals surface area contributed by atoms with Gasteiger partial charge in [0.15, 0.2) is 0 Å². The Morgan fingerprint density at radius 3 is 2.46 bits per heavy atom. The fourth-order valence-corrected chi connectivity index (χ4v) is 5.58. The zero-order valence-electron chi connectivity index (χ0n) is 21.1. The molecule has 1 heterocycles. The Hall–Kier alpha value is -2.48. The molecule has 1 unspecified atom stereocenters. The molecule has 0 spiro atoms. The summed E-state index contributed by atoms with van der Waals surface area (Å²) < 4.78 is 17.0. The number of hydrogen-bond donors (Lipinski definition) is 1. The van der Waals surface area contributed by atoms with E-state index in [1.54, 1.807) is 45.9 Å². The fraction of sp³-hybridized carbons (Fsp3) is 0.654. The molecular weight excluding hydrogens is 474 g/mol. The molecule has 0 aromatic heterocycles. The average molecular weight is 510 g/mol. The molecule has 194 valence electrons. The Bertz CT molecular complexity index is 944. The van der Waals surface area contributed by atoms with Crippen molar-refractivity contribution in [3.63, 3.8) is 0 Å². The van der Waals surface area contributed by atoms with Crippen LogP contribution >= 0.6 is 11.6 Å². The largest absolute Gasteiger partial charge is 0.489 e. The van der Waals surface area contributed by atoms with Crippen LogP contribution in [-0.4, -0.2) is 58.4 Å². The molecule has 1 aromatic rings. The molecule has 0 bridgehead atoms. The average Bonchev–Trinajstić information content (AvgIpc) is 2.76. The van der Waals surface area contributed by atoms with Gasteiger partial charge in [-0.15, -0.1) is 0 Å². The number of piperidine rings is 1. The van der Waals surface area contributed by atoms with Crippen LogP contribution in [0.1, 0.15) is 77.1 Å². The van der Waals surface area contributed by atoms with E-state index in [1.165, 1.54) is 4.90 Å². The minimum atomic E-state index is -1.03. The van der Waals surface area contributed by atoms with Crippen molar-refractivity contribution < 1.29 is 33.7 Å². The standard InChI is InChI=1S/C26H36ClNO7/c1-6-20-18-11-9-17(34-22-14-16(27)8-10-19(22)24(31)33-7-2)12-15(18)13-21(23(29)30)28(20)25(32)35-26(3,4)5/h8,10,14-15,17-18,20-21H,6-7,9,11-13H2,1-5H3,(H,29,30)/t15-,17+,18-,20?,21+/m1/s1.